The van der Waals surface area contributed by atoms with Gasteiger partial charge in [0, 0.05) is 30.2 Å². The molecule has 0 radical (unpaired) electrons. The van der Waals surface area contributed by atoms with Crippen LogP contribution in [-0.2, 0) is 0 Å². The molecule has 2 heterocycles. The van der Waals surface area contributed by atoms with E-state index in [0.717, 1.165) is 0 Å². The Balaban J connectivity index is 2.28. The van der Waals surface area contributed by atoms with Crippen LogP contribution in [0.1, 0.15) is 45.1 Å². The summed E-state index contributed by atoms with van der Waals surface area (Å²) in [7, 11) is 1.74. The van der Waals surface area contributed by atoms with Crippen LogP contribution < -0.4 is 10.3 Å². The molecule has 2 aromatic rings. The van der Waals surface area contributed by atoms with Crippen molar-refractivity contribution >= 4 is 17.2 Å². The molecular weight excluding hydrogens is 326 g/mol. The minimum Gasteiger partial charge on any atom is -0.491 e. The Morgan fingerprint density at radius 2 is 2.04 bits per heavy atom. The van der Waals surface area contributed by atoms with E-state index in [4.69, 9.17) is 4.74 Å². The number of amides is 1. The van der Waals surface area contributed by atoms with E-state index in [0.29, 0.717) is 16.6 Å². The standard InChI is InChI=1S/C17H23N3O3S/c1-11(2)23-12-7-8-20(14(21)9-12)16-18-13(10-24-16)15(22)19(6)17(3,4)5/h7-11H,1-6H3. The van der Waals surface area contributed by atoms with E-state index in [-0.39, 0.29) is 23.1 Å². The highest BCUT2D eigenvalue weighted by Crippen LogP contribution is 2.19. The van der Waals surface area contributed by atoms with Crippen molar-refractivity contribution in [3.05, 3.63) is 39.8 Å². The minimum atomic E-state index is -0.298. The first-order valence-electron chi connectivity index (χ1n) is 7.73. The number of nitrogens with zero attached hydrogens (tertiary/aromatic N) is 3. The summed E-state index contributed by atoms with van der Waals surface area (Å²) in [5.74, 6) is 0.351. The van der Waals surface area contributed by atoms with Crippen molar-refractivity contribution in [1.82, 2.24) is 14.5 Å². The molecular formula is C17H23N3O3S. The summed E-state index contributed by atoms with van der Waals surface area (Å²) in [6.07, 6.45) is 1.61. The highest BCUT2D eigenvalue weighted by Gasteiger charge is 2.25. The summed E-state index contributed by atoms with van der Waals surface area (Å²) in [5.41, 5.74) is -0.208. The summed E-state index contributed by atoms with van der Waals surface area (Å²) < 4.78 is 6.92. The average molecular weight is 349 g/mol. The number of hydrogen-bond acceptors (Lipinski definition) is 5. The van der Waals surface area contributed by atoms with Crippen molar-refractivity contribution < 1.29 is 9.53 Å². The molecule has 0 saturated heterocycles. The number of aromatic nitrogens is 2. The zero-order valence-corrected chi connectivity index (χ0v) is 15.7. The molecule has 0 atom stereocenters. The predicted molar refractivity (Wildman–Crippen MR) is 95.3 cm³/mol. The number of carbonyl (C=O) groups excluding carboxylic acids is 1. The van der Waals surface area contributed by atoms with Gasteiger partial charge in [0.05, 0.1) is 6.10 Å². The van der Waals surface area contributed by atoms with Crippen LogP contribution >= 0.6 is 11.3 Å². The molecule has 0 unspecified atom stereocenters. The van der Waals surface area contributed by atoms with Gasteiger partial charge < -0.3 is 9.64 Å². The molecule has 0 fully saturated rings. The first-order chi connectivity index (χ1) is 11.1. The Morgan fingerprint density at radius 3 is 2.58 bits per heavy atom. The monoisotopic (exact) mass is 349 g/mol. The van der Waals surface area contributed by atoms with Crippen molar-refractivity contribution in [2.75, 3.05) is 7.05 Å². The van der Waals surface area contributed by atoms with Crippen molar-refractivity contribution in [2.45, 2.75) is 46.3 Å². The Hall–Kier alpha value is -2.15. The second-order valence-corrected chi connectivity index (χ2v) is 7.62. The first-order valence-corrected chi connectivity index (χ1v) is 8.61. The number of rotatable bonds is 4. The Kier molecular flexibility index (Phi) is 5.13. The van der Waals surface area contributed by atoms with Gasteiger partial charge in [0.15, 0.2) is 5.13 Å². The summed E-state index contributed by atoms with van der Waals surface area (Å²) in [6, 6.07) is 3.13. The van der Waals surface area contributed by atoms with Gasteiger partial charge in [-0.15, -0.1) is 11.3 Å². The van der Waals surface area contributed by atoms with Crippen molar-refractivity contribution in [3.8, 4) is 10.9 Å². The van der Waals surface area contributed by atoms with Gasteiger partial charge in [-0.05, 0) is 40.7 Å². The van der Waals surface area contributed by atoms with Crippen molar-refractivity contribution in [3.63, 3.8) is 0 Å². The van der Waals surface area contributed by atoms with Crippen molar-refractivity contribution in [2.24, 2.45) is 0 Å². The zero-order chi connectivity index (χ0) is 18.1. The summed E-state index contributed by atoms with van der Waals surface area (Å²) in [5, 5.41) is 2.13. The summed E-state index contributed by atoms with van der Waals surface area (Å²) >= 11 is 1.26. The van der Waals surface area contributed by atoms with Crippen LogP contribution in [0.5, 0.6) is 5.75 Å². The SMILES string of the molecule is CC(C)Oc1ccn(-c2nc(C(=O)N(C)C(C)(C)C)cs2)c(=O)c1. The van der Waals surface area contributed by atoms with E-state index in [9.17, 15) is 9.59 Å². The van der Waals surface area contributed by atoms with Crippen LogP contribution in [0.25, 0.3) is 5.13 Å². The fraction of sp³-hybridized carbons (Fsp3) is 0.471. The molecule has 0 N–H and O–H groups in total. The van der Waals surface area contributed by atoms with Gasteiger partial charge in [0.2, 0.25) is 0 Å². The number of ether oxygens (including phenoxy) is 1. The molecule has 0 aromatic carbocycles. The number of thiazole rings is 1. The fourth-order valence-electron chi connectivity index (χ4n) is 1.91. The largest absolute Gasteiger partial charge is 0.491 e. The molecule has 0 aliphatic heterocycles. The van der Waals surface area contributed by atoms with Gasteiger partial charge in [-0.3, -0.25) is 14.2 Å². The zero-order valence-electron chi connectivity index (χ0n) is 14.9. The average Bonchev–Trinajstić information content (AvgIpc) is 2.93. The Bertz CT molecular complexity index is 787. The molecule has 2 rings (SSSR count). The predicted octanol–water partition coefficient (Wildman–Crippen LogP) is 2.95. The van der Waals surface area contributed by atoms with E-state index in [1.54, 1.807) is 29.6 Å². The first kappa shape index (κ1) is 18.2. The topological polar surface area (TPSA) is 64.4 Å². The number of pyridine rings is 1. The van der Waals surface area contributed by atoms with Crippen LogP contribution in [0.15, 0.2) is 28.5 Å². The third-order valence-electron chi connectivity index (χ3n) is 3.49. The van der Waals surface area contributed by atoms with Gasteiger partial charge >= 0.3 is 0 Å². The minimum absolute atomic E-state index is 0.00253. The lowest BCUT2D eigenvalue weighted by Crippen LogP contribution is -2.42. The van der Waals surface area contributed by atoms with E-state index in [1.807, 2.05) is 34.6 Å². The lowest BCUT2D eigenvalue weighted by Gasteiger charge is -2.31. The van der Waals surface area contributed by atoms with Gasteiger partial charge in [0.25, 0.3) is 11.5 Å². The maximum absolute atomic E-state index is 12.5. The van der Waals surface area contributed by atoms with Crippen LogP contribution in [0.4, 0.5) is 0 Å². The van der Waals surface area contributed by atoms with Crippen LogP contribution in [0.2, 0.25) is 0 Å². The lowest BCUT2D eigenvalue weighted by molar-refractivity contribution is 0.0650. The van der Waals surface area contributed by atoms with Gasteiger partial charge in [-0.2, -0.15) is 0 Å². The van der Waals surface area contributed by atoms with E-state index < -0.39 is 0 Å². The molecule has 1 amide bonds. The molecule has 0 saturated carbocycles. The van der Waals surface area contributed by atoms with Crippen LogP contribution in [0, 0.1) is 0 Å². The number of hydrogen-bond donors (Lipinski definition) is 0. The maximum atomic E-state index is 12.5. The molecule has 0 spiro atoms. The quantitative estimate of drug-likeness (QED) is 0.851. The van der Waals surface area contributed by atoms with E-state index in [2.05, 4.69) is 4.98 Å². The maximum Gasteiger partial charge on any atom is 0.273 e. The summed E-state index contributed by atoms with van der Waals surface area (Å²) in [4.78, 5) is 30.7. The third-order valence-corrected chi connectivity index (χ3v) is 4.33. The lowest BCUT2D eigenvalue weighted by atomic mass is 10.1. The highest BCUT2D eigenvalue weighted by atomic mass is 32.1. The second-order valence-electron chi connectivity index (χ2n) is 6.79. The molecule has 130 valence electrons. The molecule has 0 bridgehead atoms. The normalized spacial score (nSPS) is 11.6. The van der Waals surface area contributed by atoms with E-state index in [1.165, 1.54) is 22.0 Å². The Labute approximate surface area is 145 Å². The van der Waals surface area contributed by atoms with Crippen molar-refractivity contribution in [1.29, 1.82) is 0 Å². The third kappa shape index (κ3) is 4.03. The molecule has 7 heteroatoms. The second kappa shape index (κ2) is 6.76. The van der Waals surface area contributed by atoms with Gasteiger partial charge in [0.1, 0.15) is 11.4 Å². The van der Waals surface area contributed by atoms with Gasteiger partial charge in [-0.25, -0.2) is 4.98 Å². The molecule has 0 aliphatic carbocycles. The highest BCUT2D eigenvalue weighted by molar-refractivity contribution is 7.12. The van der Waals surface area contributed by atoms with Crippen LogP contribution in [0.3, 0.4) is 0 Å². The van der Waals surface area contributed by atoms with Gasteiger partial charge in [-0.1, -0.05) is 0 Å². The van der Waals surface area contributed by atoms with Crippen LogP contribution in [-0.4, -0.2) is 39.0 Å². The van der Waals surface area contributed by atoms with E-state index >= 15 is 0 Å². The molecule has 6 nitrogen and oxygen atoms in total. The summed E-state index contributed by atoms with van der Waals surface area (Å²) in [6.45, 7) is 9.66. The number of carbonyl (C=O) groups is 1. The smallest absolute Gasteiger partial charge is 0.273 e. The molecule has 24 heavy (non-hydrogen) atoms. The fourth-order valence-corrected chi connectivity index (χ4v) is 2.70. The molecule has 0 aliphatic rings. The Morgan fingerprint density at radius 1 is 1.38 bits per heavy atom. The molecule has 2 aromatic heterocycles.